The van der Waals surface area contributed by atoms with Gasteiger partial charge in [0.05, 0.1) is 6.10 Å². The molecule has 2 heteroatoms. The number of ketones is 1. The molecular weight excluding hydrogens is 212 g/mol. The zero-order valence-electron chi connectivity index (χ0n) is 10.4. The van der Waals surface area contributed by atoms with Crippen molar-refractivity contribution in [1.29, 1.82) is 0 Å². The highest BCUT2D eigenvalue weighted by Gasteiger charge is 2.09. The third-order valence-electron chi connectivity index (χ3n) is 2.59. The molecule has 88 valence electrons. The van der Waals surface area contributed by atoms with Crippen molar-refractivity contribution in [2.45, 2.75) is 26.9 Å². The van der Waals surface area contributed by atoms with Crippen LogP contribution in [0.25, 0.3) is 10.8 Å². The van der Waals surface area contributed by atoms with Gasteiger partial charge in [-0.3, -0.25) is 4.79 Å². The van der Waals surface area contributed by atoms with Crippen molar-refractivity contribution in [2.75, 3.05) is 0 Å². The van der Waals surface area contributed by atoms with Crippen LogP contribution in [0.2, 0.25) is 0 Å². The summed E-state index contributed by atoms with van der Waals surface area (Å²) in [6, 6.07) is 11.7. The lowest BCUT2D eigenvalue weighted by molar-refractivity contribution is 0.101. The molecule has 17 heavy (non-hydrogen) atoms. The molecule has 0 aliphatic rings. The smallest absolute Gasteiger partial charge is 0.160 e. The molecule has 0 spiro atoms. The van der Waals surface area contributed by atoms with E-state index < -0.39 is 0 Å². The SMILES string of the molecule is CC(=O)c1cc(OC(C)C)cc2ccccc12. The molecule has 0 unspecified atom stereocenters. The zero-order valence-corrected chi connectivity index (χ0v) is 10.4. The standard InChI is InChI=1S/C15H16O2/c1-10(2)17-13-8-12-6-4-5-7-14(12)15(9-13)11(3)16/h4-10H,1-3H3. The van der Waals surface area contributed by atoms with Gasteiger partial charge in [-0.05, 0) is 43.7 Å². The molecule has 0 aliphatic carbocycles. The van der Waals surface area contributed by atoms with Crippen molar-refractivity contribution in [3.05, 3.63) is 42.0 Å². The van der Waals surface area contributed by atoms with Crippen LogP contribution in [0.4, 0.5) is 0 Å². The maximum absolute atomic E-state index is 11.6. The van der Waals surface area contributed by atoms with Crippen molar-refractivity contribution in [1.82, 2.24) is 0 Å². The average Bonchev–Trinajstić information content (AvgIpc) is 2.27. The highest BCUT2D eigenvalue weighted by Crippen LogP contribution is 2.26. The van der Waals surface area contributed by atoms with Gasteiger partial charge in [-0.1, -0.05) is 24.3 Å². The van der Waals surface area contributed by atoms with Gasteiger partial charge in [-0.25, -0.2) is 0 Å². The molecule has 0 saturated heterocycles. The molecule has 0 bridgehead atoms. The minimum absolute atomic E-state index is 0.0652. The third-order valence-corrected chi connectivity index (χ3v) is 2.59. The van der Waals surface area contributed by atoms with E-state index in [0.29, 0.717) is 0 Å². The lowest BCUT2D eigenvalue weighted by atomic mass is 10.0. The van der Waals surface area contributed by atoms with E-state index in [4.69, 9.17) is 4.74 Å². The van der Waals surface area contributed by atoms with E-state index in [2.05, 4.69) is 0 Å². The lowest BCUT2D eigenvalue weighted by Gasteiger charge is -2.12. The highest BCUT2D eigenvalue weighted by molar-refractivity contribution is 6.07. The minimum Gasteiger partial charge on any atom is -0.491 e. The first-order valence-corrected chi connectivity index (χ1v) is 5.78. The summed E-state index contributed by atoms with van der Waals surface area (Å²) in [5.74, 6) is 0.819. The molecule has 0 fully saturated rings. The van der Waals surface area contributed by atoms with E-state index in [0.717, 1.165) is 22.1 Å². The van der Waals surface area contributed by atoms with Gasteiger partial charge in [0.25, 0.3) is 0 Å². The Hall–Kier alpha value is -1.83. The van der Waals surface area contributed by atoms with Crippen molar-refractivity contribution in [3.8, 4) is 5.75 Å². The molecule has 2 nitrogen and oxygen atoms in total. The van der Waals surface area contributed by atoms with E-state index in [1.165, 1.54) is 0 Å². The van der Waals surface area contributed by atoms with Gasteiger partial charge in [0, 0.05) is 5.56 Å². The van der Waals surface area contributed by atoms with E-state index >= 15 is 0 Å². The highest BCUT2D eigenvalue weighted by atomic mass is 16.5. The molecule has 0 aromatic heterocycles. The largest absolute Gasteiger partial charge is 0.491 e. The number of fused-ring (bicyclic) bond motifs is 1. The number of Topliss-reactive ketones (excluding diaryl/α,β-unsaturated/α-hetero) is 1. The van der Waals surface area contributed by atoms with Crippen LogP contribution in [0.3, 0.4) is 0 Å². The Morgan fingerprint density at radius 3 is 2.53 bits per heavy atom. The quantitative estimate of drug-likeness (QED) is 0.746. The molecule has 2 rings (SSSR count). The predicted octanol–water partition coefficient (Wildman–Crippen LogP) is 3.83. The summed E-state index contributed by atoms with van der Waals surface area (Å²) < 4.78 is 5.66. The fourth-order valence-electron chi connectivity index (χ4n) is 1.91. The molecule has 0 amide bonds. The summed E-state index contributed by atoms with van der Waals surface area (Å²) in [5, 5.41) is 2.02. The number of rotatable bonds is 3. The third kappa shape index (κ3) is 2.47. The second-order valence-corrected chi connectivity index (χ2v) is 4.41. The summed E-state index contributed by atoms with van der Waals surface area (Å²) in [7, 11) is 0. The molecule has 0 saturated carbocycles. The van der Waals surface area contributed by atoms with Crippen LogP contribution in [0.1, 0.15) is 31.1 Å². The minimum atomic E-state index is 0.0652. The van der Waals surface area contributed by atoms with E-state index in [-0.39, 0.29) is 11.9 Å². The van der Waals surface area contributed by atoms with Crippen LogP contribution < -0.4 is 4.74 Å². The van der Waals surface area contributed by atoms with Crippen molar-refractivity contribution in [3.63, 3.8) is 0 Å². The van der Waals surface area contributed by atoms with Gasteiger partial charge < -0.3 is 4.74 Å². The number of carbonyl (C=O) groups is 1. The Balaban J connectivity index is 2.63. The first-order valence-electron chi connectivity index (χ1n) is 5.78. The topological polar surface area (TPSA) is 26.3 Å². The summed E-state index contributed by atoms with van der Waals surface area (Å²) in [4.78, 5) is 11.6. The number of carbonyl (C=O) groups excluding carboxylic acids is 1. The Labute approximate surface area is 101 Å². The summed E-state index contributed by atoms with van der Waals surface area (Å²) in [5.41, 5.74) is 0.721. The van der Waals surface area contributed by atoms with Gasteiger partial charge in [-0.15, -0.1) is 0 Å². The molecule has 0 N–H and O–H groups in total. The Morgan fingerprint density at radius 2 is 1.88 bits per heavy atom. The van der Waals surface area contributed by atoms with Gasteiger partial charge in [0.15, 0.2) is 5.78 Å². The first-order chi connectivity index (χ1) is 8.08. The Bertz CT molecular complexity index is 556. The monoisotopic (exact) mass is 228 g/mol. The Kier molecular flexibility index (Phi) is 3.14. The summed E-state index contributed by atoms with van der Waals surface area (Å²) >= 11 is 0. The van der Waals surface area contributed by atoms with E-state index in [1.54, 1.807) is 6.92 Å². The summed E-state index contributed by atoms with van der Waals surface area (Å²) in [6.07, 6.45) is 0.107. The zero-order chi connectivity index (χ0) is 12.4. The number of benzene rings is 2. The van der Waals surface area contributed by atoms with Gasteiger partial charge >= 0.3 is 0 Å². The van der Waals surface area contributed by atoms with Crippen molar-refractivity contribution >= 4 is 16.6 Å². The number of hydrogen-bond donors (Lipinski definition) is 0. The maximum Gasteiger partial charge on any atom is 0.160 e. The normalized spacial score (nSPS) is 10.8. The molecular formula is C15H16O2. The molecule has 0 atom stereocenters. The molecule has 2 aromatic carbocycles. The Morgan fingerprint density at radius 1 is 1.18 bits per heavy atom. The maximum atomic E-state index is 11.6. The average molecular weight is 228 g/mol. The van der Waals surface area contributed by atoms with Crippen LogP contribution in [0, 0.1) is 0 Å². The molecule has 0 aliphatic heterocycles. The fraction of sp³-hybridized carbons (Fsp3) is 0.267. The van der Waals surface area contributed by atoms with Crippen molar-refractivity contribution in [2.24, 2.45) is 0 Å². The van der Waals surface area contributed by atoms with Crippen LogP contribution in [-0.4, -0.2) is 11.9 Å². The van der Waals surface area contributed by atoms with Crippen LogP contribution in [0.5, 0.6) is 5.75 Å². The van der Waals surface area contributed by atoms with Crippen LogP contribution >= 0.6 is 0 Å². The van der Waals surface area contributed by atoms with Gasteiger partial charge in [-0.2, -0.15) is 0 Å². The number of ether oxygens (including phenoxy) is 1. The second kappa shape index (κ2) is 4.58. The van der Waals surface area contributed by atoms with Crippen molar-refractivity contribution < 1.29 is 9.53 Å². The fourth-order valence-corrected chi connectivity index (χ4v) is 1.91. The molecule has 0 heterocycles. The van der Waals surface area contributed by atoms with Gasteiger partial charge in [0.2, 0.25) is 0 Å². The number of hydrogen-bond acceptors (Lipinski definition) is 2. The second-order valence-electron chi connectivity index (χ2n) is 4.41. The van der Waals surface area contributed by atoms with Crippen LogP contribution in [-0.2, 0) is 0 Å². The predicted molar refractivity (Wildman–Crippen MR) is 69.7 cm³/mol. The molecule has 0 radical (unpaired) electrons. The van der Waals surface area contributed by atoms with E-state index in [9.17, 15) is 4.79 Å². The van der Waals surface area contributed by atoms with Crippen LogP contribution in [0.15, 0.2) is 36.4 Å². The molecule has 2 aromatic rings. The lowest BCUT2D eigenvalue weighted by Crippen LogP contribution is -2.06. The summed E-state index contributed by atoms with van der Waals surface area (Å²) in [6.45, 7) is 5.53. The first kappa shape index (κ1) is 11.6. The van der Waals surface area contributed by atoms with Gasteiger partial charge in [0.1, 0.15) is 5.75 Å². The van der Waals surface area contributed by atoms with E-state index in [1.807, 2.05) is 50.2 Å².